The number of benzene rings is 2. The molecule has 1 aromatic heterocycles. The maximum Gasteiger partial charge on any atom is 0.322 e. The fourth-order valence-corrected chi connectivity index (χ4v) is 4.10. The normalized spacial score (nSPS) is 16.0. The second-order valence-corrected chi connectivity index (χ2v) is 8.70. The van der Waals surface area contributed by atoms with Gasteiger partial charge in [-0.05, 0) is 61.7 Å². The fraction of sp³-hybridized carbons (Fsp3) is 0.346. The summed E-state index contributed by atoms with van der Waals surface area (Å²) in [4.78, 5) is 19.4. The average molecular weight is 479 g/mol. The van der Waals surface area contributed by atoms with E-state index in [2.05, 4.69) is 15.5 Å². The van der Waals surface area contributed by atoms with E-state index in [9.17, 15) is 9.90 Å². The molecular formula is C26H30N4O5. The number of urea groups is 1. The Balaban J connectivity index is 1.77. The zero-order chi connectivity index (χ0) is 25.1. The molecule has 4 rings (SSSR count). The molecule has 0 aliphatic carbocycles. The van der Waals surface area contributed by atoms with Crippen LogP contribution in [0.1, 0.15) is 45.2 Å². The molecule has 1 aliphatic rings. The molecule has 35 heavy (non-hydrogen) atoms. The molecule has 3 aromatic rings. The van der Waals surface area contributed by atoms with Crippen LogP contribution in [0, 0.1) is 5.92 Å². The topological polar surface area (TPSA) is 110 Å². The van der Waals surface area contributed by atoms with E-state index >= 15 is 0 Å². The van der Waals surface area contributed by atoms with Crippen LogP contribution in [0.25, 0.3) is 17.0 Å². The standard InChI is InChI=1S/C26H30N4O5/c1-6-34-19-10-7-17(8-11-19)24-28-25(35-29-24)22-16(4)30(14-15(2)3)26(32)27-23(22)18-9-12-21(33-5)20(31)13-18/h7-13,15,23,31H,6,14H2,1-5H3,(H,27,32). The van der Waals surface area contributed by atoms with E-state index in [1.54, 1.807) is 23.1 Å². The SMILES string of the molecule is CCOc1ccc(-c2noc(C3=C(C)N(CC(C)C)C(=O)NC3c3ccc(OC)c(O)c3)n2)cc1. The Hall–Kier alpha value is -4.01. The molecule has 2 heterocycles. The number of phenols is 1. The van der Waals surface area contributed by atoms with E-state index < -0.39 is 6.04 Å². The average Bonchev–Trinajstić information content (AvgIpc) is 3.31. The quantitative estimate of drug-likeness (QED) is 0.469. The number of hydrogen-bond donors (Lipinski definition) is 2. The van der Waals surface area contributed by atoms with Gasteiger partial charge in [-0.3, -0.25) is 4.90 Å². The first-order valence-corrected chi connectivity index (χ1v) is 11.5. The highest BCUT2D eigenvalue weighted by Crippen LogP contribution is 2.40. The number of nitrogens with one attached hydrogen (secondary N) is 1. The Kier molecular flexibility index (Phi) is 6.95. The van der Waals surface area contributed by atoms with Crippen LogP contribution >= 0.6 is 0 Å². The van der Waals surface area contributed by atoms with Gasteiger partial charge in [-0.1, -0.05) is 25.1 Å². The fourth-order valence-electron chi connectivity index (χ4n) is 4.10. The molecule has 1 atom stereocenters. The van der Waals surface area contributed by atoms with Crippen molar-refractivity contribution in [2.24, 2.45) is 5.92 Å². The number of ether oxygens (including phenoxy) is 2. The van der Waals surface area contributed by atoms with E-state index in [-0.39, 0.29) is 17.7 Å². The van der Waals surface area contributed by atoms with Gasteiger partial charge in [0, 0.05) is 17.8 Å². The number of amides is 2. The van der Waals surface area contributed by atoms with Crippen molar-refractivity contribution < 1.29 is 23.9 Å². The molecular weight excluding hydrogens is 448 g/mol. The van der Waals surface area contributed by atoms with Crippen molar-refractivity contribution in [3.05, 3.63) is 59.6 Å². The van der Waals surface area contributed by atoms with Gasteiger partial charge < -0.3 is 24.4 Å². The van der Waals surface area contributed by atoms with Crippen molar-refractivity contribution in [3.63, 3.8) is 0 Å². The van der Waals surface area contributed by atoms with Crippen molar-refractivity contribution in [2.75, 3.05) is 20.3 Å². The minimum absolute atomic E-state index is 0.0264. The van der Waals surface area contributed by atoms with Crippen LogP contribution in [0.3, 0.4) is 0 Å². The van der Waals surface area contributed by atoms with E-state index in [1.807, 2.05) is 52.0 Å². The molecule has 1 aliphatic heterocycles. The maximum absolute atomic E-state index is 13.0. The third-order valence-corrected chi connectivity index (χ3v) is 5.76. The summed E-state index contributed by atoms with van der Waals surface area (Å²) in [5, 5.41) is 17.6. The monoisotopic (exact) mass is 478 g/mol. The smallest absolute Gasteiger partial charge is 0.322 e. The lowest BCUT2D eigenvalue weighted by Gasteiger charge is -2.36. The summed E-state index contributed by atoms with van der Waals surface area (Å²) in [6, 6.07) is 11.6. The lowest BCUT2D eigenvalue weighted by molar-refractivity contribution is 0.199. The van der Waals surface area contributed by atoms with Crippen molar-refractivity contribution in [1.29, 1.82) is 0 Å². The lowest BCUT2D eigenvalue weighted by atomic mass is 9.94. The Morgan fingerprint density at radius 2 is 1.94 bits per heavy atom. The first-order valence-electron chi connectivity index (χ1n) is 11.5. The second-order valence-electron chi connectivity index (χ2n) is 8.70. The molecule has 0 radical (unpaired) electrons. The van der Waals surface area contributed by atoms with Crippen LogP contribution in [0.15, 0.2) is 52.7 Å². The molecule has 0 saturated carbocycles. The third kappa shape index (κ3) is 4.94. The molecule has 184 valence electrons. The minimum Gasteiger partial charge on any atom is -0.504 e. The van der Waals surface area contributed by atoms with Gasteiger partial charge in [0.2, 0.25) is 5.82 Å². The van der Waals surface area contributed by atoms with Crippen molar-refractivity contribution >= 4 is 11.6 Å². The molecule has 2 N–H and O–H groups in total. The minimum atomic E-state index is -0.601. The van der Waals surface area contributed by atoms with Crippen LogP contribution in [-0.2, 0) is 0 Å². The van der Waals surface area contributed by atoms with Crippen molar-refractivity contribution in [3.8, 4) is 28.6 Å². The molecule has 2 amide bonds. The zero-order valence-corrected chi connectivity index (χ0v) is 20.5. The van der Waals surface area contributed by atoms with Gasteiger partial charge in [-0.25, -0.2) is 4.79 Å². The number of allylic oxidation sites excluding steroid dienone is 1. The van der Waals surface area contributed by atoms with Gasteiger partial charge in [0.05, 0.1) is 25.3 Å². The Labute approximate surface area is 204 Å². The zero-order valence-electron chi connectivity index (χ0n) is 20.5. The summed E-state index contributed by atoms with van der Waals surface area (Å²) < 4.78 is 16.4. The van der Waals surface area contributed by atoms with Crippen LogP contribution < -0.4 is 14.8 Å². The predicted octanol–water partition coefficient (Wildman–Crippen LogP) is 5.00. The highest BCUT2D eigenvalue weighted by molar-refractivity contribution is 5.87. The van der Waals surface area contributed by atoms with Gasteiger partial charge in [0.1, 0.15) is 5.75 Å². The highest BCUT2D eigenvalue weighted by atomic mass is 16.5. The van der Waals surface area contributed by atoms with Crippen LogP contribution in [0.2, 0.25) is 0 Å². The molecule has 0 bridgehead atoms. The summed E-state index contributed by atoms with van der Waals surface area (Å²) in [7, 11) is 1.48. The third-order valence-electron chi connectivity index (χ3n) is 5.76. The predicted molar refractivity (Wildman–Crippen MR) is 131 cm³/mol. The first-order chi connectivity index (χ1) is 16.8. The van der Waals surface area contributed by atoms with Gasteiger partial charge in [0.15, 0.2) is 11.5 Å². The first kappa shape index (κ1) is 24.1. The van der Waals surface area contributed by atoms with E-state index in [1.165, 1.54) is 7.11 Å². The summed E-state index contributed by atoms with van der Waals surface area (Å²) >= 11 is 0. The number of aromatic nitrogens is 2. The summed E-state index contributed by atoms with van der Waals surface area (Å²) in [6.45, 7) is 9.00. The number of carbonyl (C=O) groups excluding carboxylic acids is 1. The summed E-state index contributed by atoms with van der Waals surface area (Å²) in [6.07, 6.45) is 0. The number of rotatable bonds is 8. The van der Waals surface area contributed by atoms with Crippen LogP contribution in [0.4, 0.5) is 4.79 Å². The highest BCUT2D eigenvalue weighted by Gasteiger charge is 2.36. The molecule has 2 aromatic carbocycles. The molecule has 9 heteroatoms. The van der Waals surface area contributed by atoms with Crippen LogP contribution in [0.5, 0.6) is 17.2 Å². The number of nitrogens with zero attached hydrogens (tertiary/aromatic N) is 3. The number of carbonyl (C=O) groups is 1. The molecule has 9 nitrogen and oxygen atoms in total. The number of methoxy groups -OCH3 is 1. The van der Waals surface area contributed by atoms with Gasteiger partial charge in [0.25, 0.3) is 5.89 Å². The van der Waals surface area contributed by atoms with Gasteiger partial charge >= 0.3 is 6.03 Å². The lowest BCUT2D eigenvalue weighted by Crippen LogP contribution is -2.47. The Morgan fingerprint density at radius 3 is 2.57 bits per heavy atom. The summed E-state index contributed by atoms with van der Waals surface area (Å²) in [5.74, 6) is 2.04. The molecule has 0 fully saturated rings. The largest absolute Gasteiger partial charge is 0.504 e. The molecule has 0 spiro atoms. The molecule has 1 unspecified atom stereocenters. The van der Waals surface area contributed by atoms with E-state index in [4.69, 9.17) is 14.0 Å². The number of hydrogen-bond acceptors (Lipinski definition) is 7. The maximum atomic E-state index is 13.0. The Bertz CT molecular complexity index is 1230. The van der Waals surface area contributed by atoms with E-state index in [0.717, 1.165) is 11.3 Å². The Morgan fingerprint density at radius 1 is 1.20 bits per heavy atom. The number of aromatic hydroxyl groups is 1. The van der Waals surface area contributed by atoms with E-state index in [0.29, 0.717) is 47.4 Å². The van der Waals surface area contributed by atoms with Crippen molar-refractivity contribution in [2.45, 2.75) is 33.7 Å². The van der Waals surface area contributed by atoms with Crippen molar-refractivity contribution in [1.82, 2.24) is 20.4 Å². The second kappa shape index (κ2) is 10.1. The van der Waals surface area contributed by atoms with Crippen LogP contribution in [-0.4, -0.2) is 46.4 Å². The summed E-state index contributed by atoms with van der Waals surface area (Å²) in [5.41, 5.74) is 2.82. The van der Waals surface area contributed by atoms with Gasteiger partial charge in [-0.15, -0.1) is 0 Å². The van der Waals surface area contributed by atoms with Gasteiger partial charge in [-0.2, -0.15) is 4.98 Å². The molecule has 0 saturated heterocycles. The number of phenolic OH excluding ortho intramolecular Hbond substituents is 1.